The molecule has 0 radical (unpaired) electrons. The van der Waals surface area contributed by atoms with Gasteiger partial charge in [-0.2, -0.15) is 73.1 Å². The Hall–Kier alpha value is -6.34. The number of carbonyl (C=O) groups is 12. The topological polar surface area (TPSA) is 678 Å². The maximum Gasteiger partial charge on any atom is 0.324 e. The number of thioether (sulfide) groups is 4. The number of benzene rings is 1. The number of nitrogens with one attached hydrogen (secondary N) is 5. The van der Waals surface area contributed by atoms with Crippen molar-refractivity contribution in [2.24, 2.45) is 73.1 Å². The number of nitrogens with two attached hydrogens (primary N) is 6. The number of halogens is 5. The van der Waals surface area contributed by atoms with Gasteiger partial charge >= 0.3 is 343 Å². The number of methoxy groups -OCH3 is 4. The van der Waals surface area contributed by atoms with Crippen molar-refractivity contribution in [1.29, 1.82) is 0 Å². The van der Waals surface area contributed by atoms with Gasteiger partial charge in [-0.1, -0.05) is 52.3 Å². The smallest absolute Gasteiger partial charge is 0.324 e. The van der Waals surface area contributed by atoms with Crippen molar-refractivity contribution in [3.63, 3.8) is 0 Å². The van der Waals surface area contributed by atoms with Crippen LogP contribution in [0.5, 0.6) is 0 Å². The van der Waals surface area contributed by atoms with Gasteiger partial charge in [-0.25, -0.2) is 0 Å². The van der Waals surface area contributed by atoms with Gasteiger partial charge in [0.25, 0.3) is 5.69 Å². The number of alkyl halides is 1. The summed E-state index contributed by atoms with van der Waals surface area (Å²) in [4.78, 5) is 153. The quantitative estimate of drug-likeness (QED) is 0.00336. The number of rotatable bonds is 45. The number of carboxylic acids is 3. The van der Waals surface area contributed by atoms with Gasteiger partial charge in [0, 0.05) is 110 Å². The van der Waals surface area contributed by atoms with Gasteiger partial charge < -0.3 is 57.8 Å². The van der Waals surface area contributed by atoms with Gasteiger partial charge in [0.2, 0.25) is 23.6 Å². The van der Waals surface area contributed by atoms with Crippen LogP contribution in [0.1, 0.15) is 147 Å². The van der Waals surface area contributed by atoms with Crippen molar-refractivity contribution in [3.8, 4) is 0 Å². The van der Waals surface area contributed by atoms with E-state index < -0.39 is 123 Å². The number of hydrogen-bond donors (Lipinski definition) is 14. The number of esters is 3. The molecule has 0 aliphatic carbocycles. The summed E-state index contributed by atoms with van der Waals surface area (Å²) in [5.74, 6) is -0.983. The van der Waals surface area contributed by atoms with Crippen LogP contribution >= 0.6 is 63.0 Å². The van der Waals surface area contributed by atoms with Gasteiger partial charge in [-0.15, -0.1) is 30.1 Å². The molecule has 13 unspecified atom stereocenters. The predicted molar refractivity (Wildman–Crippen MR) is 584 cm³/mol. The van der Waals surface area contributed by atoms with E-state index in [9.17, 15) is 99.7 Å². The Morgan fingerprint density at radius 1 is 0.552 bits per heavy atom. The van der Waals surface area contributed by atoms with E-state index in [2.05, 4.69) is 87.3 Å². The zero-order valence-electron chi connectivity index (χ0n) is 88.7. The van der Waals surface area contributed by atoms with Crippen LogP contribution in [-0.2, 0) is 143 Å². The number of primary amides is 5. The molecule has 1 fully saturated rings. The standard InChI is InChI=1S/C12H21BFN3O4S.C10H16BNO5.C9H15BBrNO3.C9H16N2O2S.C9H19NOS.C8H15FN2O3S.C7H7NO2.C6H15FN2OS2.C6H14FNO2S2.4C2H6O.CH5N/c1-12(2,3)21-11(19)8(16-7-13-20)4-5-22-6-9(17-14)10(15)18;1-10(2,3)17-9(15)7(12-6-11-16)4-5-8(13)14;1-9(2,3)15-8(13)7(4-5-11)12-6-10-14;1-6-2-3-14-5-7(9(10)13)11-4-8(6)12;1-7(2)4-5-12-6-8(3)9(10)11;1-5(8(13)14)2-3-15-4-6(11-9)7(10)12;1-6-2-4-7(5-3-6)8(9)10;1-11(2)12(3)4-5(9-7)6(8)10;1-11(2)12(3)4-5(8-7)6(9)10;4*1-3-2;1-2/h7-9,17H,4-6H2,1-3H3,(H2,15,18);6-7H,4-5H2,1-3H3,(H,13,14);6-7H,4-5H2,1-3H3;6-7,11H,2-5H2,1H3,(H2,10,13);7-8H,4-6H2,1-3H3,(H2,10,11);5-6,11H,2-4H2,1H3,(H2,10,12)(H,13,14);2-5H,1H3;5,9H,4H2,1-3H3,(H2,8,10);5,8H,4H2,1-3H3,(H,9,10);4*1-2H3;2H2,1H3. The van der Waals surface area contributed by atoms with Gasteiger partial charge in [0.1, 0.15) is 23.9 Å². The van der Waals surface area contributed by atoms with Crippen LogP contribution in [0.15, 0.2) is 39.2 Å². The number of aliphatic carboxylic acids is 3. The molecule has 5 amide bonds. The zero-order valence-corrected chi connectivity index (χ0v) is 96.8. The van der Waals surface area contributed by atoms with Gasteiger partial charge in [0.15, 0.2) is 0 Å². The second-order valence-electron chi connectivity index (χ2n) is 32.8. The number of nitro groups is 1. The third-order valence-electron chi connectivity index (χ3n) is 15.4. The Morgan fingerprint density at radius 2 is 0.888 bits per heavy atom. The Bertz CT molecular complexity index is 3740. The number of nitro benzene ring substituents is 1. The van der Waals surface area contributed by atoms with Crippen LogP contribution in [0.25, 0.3) is 0 Å². The fourth-order valence-corrected chi connectivity index (χ4v) is 17.1. The number of aryl methyl sites for hydroxylation is 1. The summed E-state index contributed by atoms with van der Waals surface area (Å²) < 4.78 is 111. The second kappa shape index (κ2) is 106. The first kappa shape index (κ1) is 162. The van der Waals surface area contributed by atoms with Gasteiger partial charge in [0.05, 0.1) is 23.4 Å². The molecule has 143 heavy (non-hydrogen) atoms. The molecule has 0 spiro atoms. The van der Waals surface area contributed by atoms with Crippen LogP contribution in [0.3, 0.4) is 0 Å². The molecule has 1 aromatic rings. The van der Waals surface area contributed by atoms with Crippen molar-refractivity contribution in [3.05, 3.63) is 39.9 Å². The molecule has 20 N–H and O–H groups in total. The number of hydrogen-bond acceptors (Lipinski definition) is 37. The fraction of sp³-hybridized carbons (Fsp3) is 0.753. The van der Waals surface area contributed by atoms with Crippen LogP contribution < -0.4 is 61.9 Å². The Balaban J connectivity index is -0.000000134. The first-order valence-electron chi connectivity index (χ1n) is 43.5. The van der Waals surface area contributed by atoms with Gasteiger partial charge in [-0.3, -0.25) is 49.0 Å². The molecular weight excluding hydrogens is 2110 g/mol. The molecule has 0 aromatic heterocycles. The van der Waals surface area contributed by atoms with E-state index >= 15 is 0 Å². The molecule has 2 rings (SSSR count). The Labute approximate surface area is 879 Å². The summed E-state index contributed by atoms with van der Waals surface area (Å²) in [6.07, 6.45) is 18.4. The first-order chi connectivity index (χ1) is 66.3. The number of Topliss-reactive ketones (excluding diaryl/α,β-unsaturated/α-hetero) is 1. The minimum Gasteiger partial charge on any atom is -0.481 e. The number of non-ortho nitro benzene ring substituents is 1. The van der Waals surface area contributed by atoms with Crippen molar-refractivity contribution in [2.45, 2.75) is 214 Å². The molecule has 1 saturated heterocycles. The summed E-state index contributed by atoms with van der Waals surface area (Å²) in [7, 11) is 16.3. The third kappa shape index (κ3) is 117. The third-order valence-corrected chi connectivity index (χ3v) is 31.9. The Kier molecular flexibility index (Phi) is 119. The van der Waals surface area contributed by atoms with Crippen LogP contribution in [-0.4, -0.2) is 367 Å². The van der Waals surface area contributed by atoms with Crippen molar-refractivity contribution < 1.29 is 143 Å². The molecule has 1 aromatic carbocycles. The maximum atomic E-state index is 12.3. The van der Waals surface area contributed by atoms with Gasteiger partial charge in [-0.05, 0) is 93.9 Å². The molecule has 1 aliphatic rings. The average Bonchev–Trinajstić information content (AvgIpc) is 1.80. The number of nitrogens with zero attached hydrogens (tertiary/aromatic N) is 4. The number of carboxylic acid groups (broad SMARTS) is 3. The molecule has 58 heteroatoms. The molecule has 0 saturated carbocycles. The van der Waals surface area contributed by atoms with E-state index in [1.165, 1.54) is 71.3 Å². The van der Waals surface area contributed by atoms with Crippen molar-refractivity contribution in [1.82, 2.24) is 27.5 Å². The minimum atomic E-state index is -1.12. The second-order valence-corrected chi connectivity index (χ2v) is 51.6. The number of ether oxygens (including phenoxy) is 7. The first-order valence-corrected chi connectivity index (χ1v) is 57.9. The molecule has 0 bridgehead atoms. The van der Waals surface area contributed by atoms with Crippen molar-refractivity contribution >= 4 is 217 Å². The van der Waals surface area contributed by atoms with E-state index in [1.807, 2.05) is 57.6 Å². The van der Waals surface area contributed by atoms with Crippen molar-refractivity contribution in [2.75, 3.05) is 171 Å². The fourth-order valence-electron chi connectivity index (χ4n) is 7.61. The maximum absolute atomic E-state index is 12.3. The summed E-state index contributed by atoms with van der Waals surface area (Å²) >= 11 is 9.24. The van der Waals surface area contributed by atoms with E-state index in [0.717, 1.165) is 53.5 Å². The Morgan fingerprint density at radius 3 is 1.17 bits per heavy atom. The summed E-state index contributed by atoms with van der Waals surface area (Å²) in [5, 5.41) is 39.3. The molecule has 1 heterocycles. The van der Waals surface area contributed by atoms with E-state index in [4.69, 9.17) is 58.2 Å². The average molecular weight is 2280 g/mol. The molecule has 1 aliphatic heterocycles. The normalized spacial score (nSPS) is 14.7. The van der Waals surface area contributed by atoms with Crippen LogP contribution in [0.4, 0.5) is 23.6 Å². The molecule has 836 valence electrons. The zero-order chi connectivity index (χ0) is 114. The number of carbonyl (C=O) groups excluding carboxylic acids is 9. The minimum absolute atomic E-state index is 0.00852. The SMILES string of the molecule is CC(C)(C)OC(=O)C(CCBr)N=CB=O.CC(C)(C)OC(=O)C(CCC(=O)O)N=CB=O.CC(C)(C)OC(=O)C(CCSCC(NF)C(N)=O)N=CB=O.CC(C)CCSCC(C)C(N)=O.CC(CCSCC(NF)C(N)=O)C(=O)O.CC1CCSCC(C(N)=O)NCC1=O.CN.COC.COC.COC.COC.CS(C)=S(C)CC(NF)C(=O)O.CS(C)=S(C)CC(NF)C(N)=O.Cc1ccc([N+](=O)[O-])cc1. The van der Waals surface area contributed by atoms with Crippen LogP contribution in [0.2, 0.25) is 0 Å². The predicted octanol–water partition coefficient (Wildman–Crippen LogP) is 6.08. The van der Waals surface area contributed by atoms with E-state index in [-0.39, 0.29) is 110 Å². The largest absolute Gasteiger partial charge is 0.481 e. The molecule has 42 nitrogen and oxygen atoms in total. The van der Waals surface area contributed by atoms with Crippen LogP contribution in [0, 0.1) is 40.7 Å². The molecular formula is C85H167B3BrF4N15O27S8. The number of aliphatic imine (C=N–C) groups is 3. The number of amides is 5. The summed E-state index contributed by atoms with van der Waals surface area (Å²) in [6.45, 7) is 27.6. The van der Waals surface area contributed by atoms with E-state index in [0.29, 0.717) is 74.8 Å². The monoisotopic (exact) mass is 2270 g/mol. The summed E-state index contributed by atoms with van der Waals surface area (Å²) in [5.41, 5.74) is 34.3. The molecule has 13 atom stereocenters. The van der Waals surface area contributed by atoms with E-state index in [1.54, 1.807) is 150 Å². The number of ketones is 1. The summed E-state index contributed by atoms with van der Waals surface area (Å²) in [6, 6.07) is -0.262.